The number of esters is 1. The normalized spacial score (nSPS) is 14.7. The zero-order chi connectivity index (χ0) is 29.1. The minimum Gasteiger partial charge on any atom is -0.504 e. The van der Waals surface area contributed by atoms with Crippen molar-refractivity contribution in [1.29, 1.82) is 0 Å². The molecule has 41 heavy (non-hydrogen) atoms. The smallest absolute Gasteiger partial charge is 0.338 e. The summed E-state index contributed by atoms with van der Waals surface area (Å²) in [4.78, 5) is 32.9. The van der Waals surface area contributed by atoms with Crippen LogP contribution in [0.3, 0.4) is 0 Å². The molecule has 10 heteroatoms. The second kappa shape index (κ2) is 11.7. The summed E-state index contributed by atoms with van der Waals surface area (Å²) in [6.07, 6.45) is 1.67. The predicted molar refractivity (Wildman–Crippen MR) is 155 cm³/mol. The second-order valence-electron chi connectivity index (χ2n) is 8.98. The summed E-state index contributed by atoms with van der Waals surface area (Å²) in [5.41, 5.74) is 2.22. The number of rotatable bonds is 8. The summed E-state index contributed by atoms with van der Waals surface area (Å²) in [7, 11) is 4.52. The van der Waals surface area contributed by atoms with Gasteiger partial charge in [0.2, 0.25) is 0 Å². The molecule has 1 aromatic heterocycles. The lowest BCUT2D eigenvalue weighted by Crippen LogP contribution is -2.40. The van der Waals surface area contributed by atoms with Crippen LogP contribution in [0.25, 0.3) is 11.8 Å². The molecule has 5 rings (SSSR count). The quantitative estimate of drug-likeness (QED) is 0.321. The number of thiazole rings is 1. The highest BCUT2D eigenvalue weighted by Gasteiger charge is 2.35. The molecule has 0 aliphatic carbocycles. The van der Waals surface area contributed by atoms with Crippen LogP contribution in [0.5, 0.6) is 23.0 Å². The van der Waals surface area contributed by atoms with Crippen molar-refractivity contribution < 1.29 is 28.8 Å². The van der Waals surface area contributed by atoms with E-state index in [1.165, 1.54) is 43.3 Å². The Hall–Kier alpha value is -4.83. The average Bonchev–Trinajstić information content (AvgIpc) is 3.30. The summed E-state index contributed by atoms with van der Waals surface area (Å²) in [5.74, 6) is 0.649. The van der Waals surface area contributed by atoms with Crippen molar-refractivity contribution in [2.24, 2.45) is 4.99 Å². The zero-order valence-electron chi connectivity index (χ0n) is 22.9. The van der Waals surface area contributed by atoms with E-state index in [1.54, 1.807) is 43.3 Å². The van der Waals surface area contributed by atoms with Crippen LogP contribution in [-0.4, -0.2) is 43.6 Å². The van der Waals surface area contributed by atoms with E-state index in [4.69, 9.17) is 23.9 Å². The van der Waals surface area contributed by atoms with Gasteiger partial charge in [-0.2, -0.15) is 0 Å². The van der Waals surface area contributed by atoms with Gasteiger partial charge in [0.25, 0.3) is 5.56 Å². The Labute approximate surface area is 239 Å². The first kappa shape index (κ1) is 27.7. The van der Waals surface area contributed by atoms with E-state index in [9.17, 15) is 14.7 Å². The Morgan fingerprint density at radius 2 is 1.68 bits per heavy atom. The molecule has 0 spiro atoms. The van der Waals surface area contributed by atoms with E-state index in [0.717, 1.165) is 0 Å². The highest BCUT2D eigenvalue weighted by molar-refractivity contribution is 7.07. The molecule has 0 saturated heterocycles. The van der Waals surface area contributed by atoms with Crippen LogP contribution < -0.4 is 29.1 Å². The third kappa shape index (κ3) is 5.21. The van der Waals surface area contributed by atoms with Crippen molar-refractivity contribution in [2.45, 2.75) is 13.0 Å². The summed E-state index contributed by atoms with van der Waals surface area (Å²) in [5, 5.41) is 10.3. The van der Waals surface area contributed by atoms with Crippen LogP contribution in [0.4, 0.5) is 0 Å². The third-order valence-corrected chi connectivity index (χ3v) is 7.58. The molecule has 9 nitrogen and oxygen atoms in total. The fourth-order valence-electron chi connectivity index (χ4n) is 4.73. The van der Waals surface area contributed by atoms with Gasteiger partial charge in [-0.05, 0) is 48.4 Å². The third-order valence-electron chi connectivity index (χ3n) is 6.60. The lowest BCUT2D eigenvalue weighted by Gasteiger charge is -2.26. The van der Waals surface area contributed by atoms with Gasteiger partial charge in [-0.3, -0.25) is 9.36 Å². The van der Waals surface area contributed by atoms with E-state index in [-0.39, 0.29) is 23.5 Å². The van der Waals surface area contributed by atoms with Crippen LogP contribution in [0.2, 0.25) is 0 Å². The number of phenols is 1. The van der Waals surface area contributed by atoms with Gasteiger partial charge in [-0.25, -0.2) is 9.79 Å². The Morgan fingerprint density at radius 3 is 2.34 bits per heavy atom. The average molecular weight is 573 g/mol. The van der Waals surface area contributed by atoms with Crippen molar-refractivity contribution >= 4 is 29.1 Å². The number of benzene rings is 3. The highest BCUT2D eigenvalue weighted by atomic mass is 32.1. The van der Waals surface area contributed by atoms with E-state index in [0.29, 0.717) is 49.0 Å². The molecule has 1 atom stereocenters. The van der Waals surface area contributed by atoms with Gasteiger partial charge < -0.3 is 24.1 Å². The minimum atomic E-state index is -0.869. The summed E-state index contributed by atoms with van der Waals surface area (Å²) in [6.45, 7) is 1.88. The number of ether oxygens (including phenoxy) is 4. The lowest BCUT2D eigenvalue weighted by atomic mass is 9.93. The molecular weight excluding hydrogens is 544 g/mol. The fourth-order valence-corrected chi connectivity index (χ4v) is 5.73. The van der Waals surface area contributed by atoms with Gasteiger partial charge in [0.05, 0.1) is 49.8 Å². The summed E-state index contributed by atoms with van der Waals surface area (Å²) >= 11 is 1.19. The van der Waals surface area contributed by atoms with Crippen LogP contribution >= 0.6 is 11.3 Å². The number of fused-ring (bicyclic) bond motifs is 1. The van der Waals surface area contributed by atoms with Crippen LogP contribution in [0.15, 0.2) is 82.1 Å². The monoisotopic (exact) mass is 572 g/mol. The van der Waals surface area contributed by atoms with Crippen molar-refractivity contribution in [1.82, 2.24) is 4.57 Å². The van der Waals surface area contributed by atoms with Crippen LogP contribution in [0.1, 0.15) is 29.7 Å². The minimum absolute atomic E-state index is 0.0480. The summed E-state index contributed by atoms with van der Waals surface area (Å²) < 4.78 is 23.5. The van der Waals surface area contributed by atoms with E-state index >= 15 is 0 Å². The maximum Gasteiger partial charge on any atom is 0.338 e. The Balaban J connectivity index is 1.82. The molecule has 1 aliphatic rings. The first-order chi connectivity index (χ1) is 19.9. The first-order valence-corrected chi connectivity index (χ1v) is 13.6. The SMILES string of the molecule is CCOC(=O)C1=C(c2ccccc2)N=c2s/c(=C\c3ccc(OC)c(O)c3)c(=O)n2[C@@H]1c1ccc(OC)c(OC)c1. The molecule has 210 valence electrons. The number of carbonyl (C=O) groups excluding carboxylic acids is 1. The Bertz CT molecular complexity index is 1820. The van der Waals surface area contributed by atoms with E-state index < -0.39 is 12.0 Å². The van der Waals surface area contributed by atoms with Crippen molar-refractivity contribution in [2.75, 3.05) is 27.9 Å². The number of aromatic hydroxyl groups is 1. The molecule has 1 N–H and O–H groups in total. The molecule has 0 bridgehead atoms. The Kier molecular flexibility index (Phi) is 7.93. The highest BCUT2D eigenvalue weighted by Crippen LogP contribution is 2.38. The topological polar surface area (TPSA) is 109 Å². The van der Waals surface area contributed by atoms with E-state index in [1.807, 2.05) is 30.3 Å². The number of aromatic nitrogens is 1. The molecule has 0 amide bonds. The van der Waals surface area contributed by atoms with Crippen molar-refractivity contribution in [3.63, 3.8) is 0 Å². The van der Waals surface area contributed by atoms with Gasteiger partial charge in [-0.15, -0.1) is 0 Å². The molecule has 4 aromatic rings. The van der Waals surface area contributed by atoms with Gasteiger partial charge in [0.15, 0.2) is 27.8 Å². The fraction of sp³-hybridized carbons (Fsp3) is 0.194. The number of methoxy groups -OCH3 is 3. The van der Waals surface area contributed by atoms with Crippen LogP contribution in [0, 0.1) is 0 Å². The maximum atomic E-state index is 14.0. The lowest BCUT2D eigenvalue weighted by molar-refractivity contribution is -0.138. The van der Waals surface area contributed by atoms with Gasteiger partial charge in [-0.1, -0.05) is 53.8 Å². The molecule has 0 fully saturated rings. The number of phenolic OH excluding ortho intramolecular Hbond substituents is 1. The molecule has 0 radical (unpaired) electrons. The largest absolute Gasteiger partial charge is 0.504 e. The molecule has 2 heterocycles. The van der Waals surface area contributed by atoms with E-state index in [2.05, 4.69) is 0 Å². The Morgan fingerprint density at radius 1 is 0.976 bits per heavy atom. The number of hydrogen-bond donors (Lipinski definition) is 1. The number of hydrogen-bond acceptors (Lipinski definition) is 9. The number of carbonyl (C=O) groups is 1. The molecule has 3 aromatic carbocycles. The van der Waals surface area contributed by atoms with Crippen LogP contribution in [-0.2, 0) is 9.53 Å². The summed E-state index contributed by atoms with van der Waals surface area (Å²) in [6, 6.07) is 18.6. The molecule has 1 aliphatic heterocycles. The standard InChI is InChI=1S/C31H28N2O7S/c1-5-40-30(36)26-27(19-9-7-6-8-10-19)32-31-33(28(26)20-12-14-23(38-3)24(17-20)39-4)29(35)25(41-31)16-18-11-13-22(37-2)21(34)15-18/h6-17,28,34H,5H2,1-4H3/b25-16-/t28-/m1/s1. The first-order valence-electron chi connectivity index (χ1n) is 12.8. The number of nitrogens with zero attached hydrogens (tertiary/aromatic N) is 2. The zero-order valence-corrected chi connectivity index (χ0v) is 23.7. The van der Waals surface area contributed by atoms with Gasteiger partial charge in [0, 0.05) is 5.56 Å². The second-order valence-corrected chi connectivity index (χ2v) is 9.99. The van der Waals surface area contributed by atoms with Crippen molar-refractivity contribution in [3.05, 3.63) is 109 Å². The van der Waals surface area contributed by atoms with Gasteiger partial charge in [0.1, 0.15) is 0 Å². The van der Waals surface area contributed by atoms with Gasteiger partial charge >= 0.3 is 5.97 Å². The molecule has 0 saturated carbocycles. The van der Waals surface area contributed by atoms with Crippen molar-refractivity contribution in [3.8, 4) is 23.0 Å². The molecule has 0 unspecified atom stereocenters. The maximum absolute atomic E-state index is 14.0. The molecular formula is C31H28N2O7S. The predicted octanol–water partition coefficient (Wildman–Crippen LogP) is 3.67.